The van der Waals surface area contributed by atoms with E-state index in [1.54, 1.807) is 0 Å². The second kappa shape index (κ2) is 8.29. The summed E-state index contributed by atoms with van der Waals surface area (Å²) in [6.45, 7) is 8.90. The smallest absolute Gasteiger partial charge is 0.321 e. The molecule has 132 valence electrons. The van der Waals surface area contributed by atoms with Gasteiger partial charge in [0.15, 0.2) is 6.54 Å². The minimum absolute atomic E-state index is 0.198. The van der Waals surface area contributed by atoms with E-state index < -0.39 is 0 Å². The molecular formula is C19H30N3O2+. The standard InChI is InChI=1S/C19H29N3O2/c1-12(2)14-5-7-15(8-6-14)18(13(3)4)20-11-17(23)22-19(24)21-16-9-10-16/h5-8,12-13,16,18,20H,9-11H2,1-4H3,(H2,21,22,23,24)/p+1/t18-/m1/s1. The highest BCUT2D eigenvalue weighted by Gasteiger charge is 2.25. The van der Waals surface area contributed by atoms with Crippen LogP contribution in [-0.2, 0) is 4.79 Å². The molecule has 0 saturated heterocycles. The number of nitrogens with one attached hydrogen (secondary N) is 2. The van der Waals surface area contributed by atoms with Crippen molar-refractivity contribution in [3.63, 3.8) is 0 Å². The van der Waals surface area contributed by atoms with E-state index in [9.17, 15) is 9.59 Å². The molecule has 4 N–H and O–H groups in total. The van der Waals surface area contributed by atoms with Crippen LogP contribution >= 0.6 is 0 Å². The largest absolute Gasteiger partial charge is 0.335 e. The van der Waals surface area contributed by atoms with Gasteiger partial charge < -0.3 is 10.6 Å². The van der Waals surface area contributed by atoms with Crippen molar-refractivity contribution in [2.24, 2.45) is 5.92 Å². The predicted octanol–water partition coefficient (Wildman–Crippen LogP) is 2.06. The first kappa shape index (κ1) is 18.5. The van der Waals surface area contributed by atoms with E-state index in [1.807, 2.05) is 5.32 Å². The second-order valence-corrected chi connectivity index (χ2v) is 7.33. The quantitative estimate of drug-likeness (QED) is 0.715. The normalized spacial score (nSPS) is 15.4. The van der Waals surface area contributed by atoms with Gasteiger partial charge in [-0.1, -0.05) is 52.0 Å². The van der Waals surface area contributed by atoms with Crippen molar-refractivity contribution in [1.82, 2.24) is 10.6 Å². The fraction of sp³-hybridized carbons (Fsp3) is 0.579. The lowest BCUT2D eigenvalue weighted by Gasteiger charge is -2.20. The van der Waals surface area contributed by atoms with Gasteiger partial charge in [0.2, 0.25) is 0 Å². The molecule has 0 bridgehead atoms. The van der Waals surface area contributed by atoms with E-state index in [2.05, 4.69) is 62.6 Å². The zero-order chi connectivity index (χ0) is 17.7. The van der Waals surface area contributed by atoms with Gasteiger partial charge in [-0.3, -0.25) is 10.1 Å². The summed E-state index contributed by atoms with van der Waals surface area (Å²) in [7, 11) is 0. The fourth-order valence-electron chi connectivity index (χ4n) is 2.76. The number of hydrogen-bond acceptors (Lipinski definition) is 2. The third-order valence-electron chi connectivity index (χ3n) is 4.43. The Balaban J connectivity index is 1.88. The average Bonchev–Trinajstić information content (AvgIpc) is 3.31. The Bertz CT molecular complexity index is 562. The van der Waals surface area contributed by atoms with Crippen molar-refractivity contribution in [2.75, 3.05) is 6.54 Å². The van der Waals surface area contributed by atoms with Crippen LogP contribution < -0.4 is 16.0 Å². The first-order valence-corrected chi connectivity index (χ1v) is 8.90. The average molecular weight is 332 g/mol. The lowest BCUT2D eigenvalue weighted by atomic mass is 9.93. The van der Waals surface area contributed by atoms with Crippen LogP contribution in [0.3, 0.4) is 0 Å². The monoisotopic (exact) mass is 332 g/mol. The van der Waals surface area contributed by atoms with Crippen molar-refractivity contribution < 1.29 is 14.9 Å². The maximum Gasteiger partial charge on any atom is 0.321 e. The summed E-state index contributed by atoms with van der Waals surface area (Å²) >= 11 is 0. The molecule has 0 aliphatic heterocycles. The maximum absolute atomic E-state index is 12.0. The van der Waals surface area contributed by atoms with Crippen molar-refractivity contribution in [3.8, 4) is 0 Å². The van der Waals surface area contributed by atoms with Crippen LogP contribution in [0.4, 0.5) is 4.79 Å². The van der Waals surface area contributed by atoms with E-state index in [4.69, 9.17) is 0 Å². The lowest BCUT2D eigenvalue weighted by molar-refractivity contribution is -0.692. The van der Waals surface area contributed by atoms with Gasteiger partial charge in [0.05, 0.1) is 0 Å². The summed E-state index contributed by atoms with van der Waals surface area (Å²) < 4.78 is 0. The number of hydrogen-bond donors (Lipinski definition) is 3. The number of carbonyl (C=O) groups excluding carboxylic acids is 2. The molecule has 5 heteroatoms. The Labute approximate surface area is 144 Å². The SMILES string of the molecule is CC(C)c1ccc([C@H]([NH2+]CC(=O)NC(=O)NC2CC2)C(C)C)cc1. The molecule has 0 heterocycles. The summed E-state index contributed by atoms with van der Waals surface area (Å²) in [5.41, 5.74) is 2.53. The highest BCUT2D eigenvalue weighted by atomic mass is 16.2. The van der Waals surface area contributed by atoms with Crippen LogP contribution in [0.15, 0.2) is 24.3 Å². The van der Waals surface area contributed by atoms with Crippen LogP contribution in [0.2, 0.25) is 0 Å². The van der Waals surface area contributed by atoms with Gasteiger partial charge in [-0.25, -0.2) is 4.79 Å². The molecule has 0 spiro atoms. The minimum Gasteiger partial charge on any atom is -0.335 e. The fourth-order valence-corrected chi connectivity index (χ4v) is 2.76. The highest BCUT2D eigenvalue weighted by molar-refractivity contribution is 5.94. The summed E-state index contributed by atoms with van der Waals surface area (Å²) in [5, 5.41) is 7.17. The van der Waals surface area contributed by atoms with Crippen LogP contribution in [0.1, 0.15) is 63.6 Å². The molecule has 0 aromatic heterocycles. The molecule has 0 unspecified atom stereocenters. The van der Waals surface area contributed by atoms with E-state index in [0.717, 1.165) is 12.8 Å². The number of amides is 3. The molecule has 1 fully saturated rings. The number of carbonyl (C=O) groups is 2. The molecule has 24 heavy (non-hydrogen) atoms. The predicted molar refractivity (Wildman–Crippen MR) is 94.6 cm³/mol. The summed E-state index contributed by atoms with van der Waals surface area (Å²) in [6, 6.07) is 8.69. The van der Waals surface area contributed by atoms with E-state index in [-0.39, 0.29) is 30.6 Å². The Hall–Kier alpha value is -1.88. The molecule has 2 rings (SSSR count). The third-order valence-corrected chi connectivity index (χ3v) is 4.43. The number of benzene rings is 1. The number of imide groups is 1. The first-order chi connectivity index (χ1) is 11.4. The van der Waals surface area contributed by atoms with Gasteiger partial charge in [-0.15, -0.1) is 0 Å². The number of nitrogens with two attached hydrogens (primary N) is 1. The van der Waals surface area contributed by atoms with Crippen LogP contribution in [0.5, 0.6) is 0 Å². The van der Waals surface area contributed by atoms with Crippen molar-refractivity contribution in [1.29, 1.82) is 0 Å². The Morgan fingerprint density at radius 1 is 1.08 bits per heavy atom. The molecule has 3 amide bonds. The summed E-state index contributed by atoms with van der Waals surface area (Å²) in [4.78, 5) is 23.6. The molecule has 1 aromatic carbocycles. The molecule has 1 aromatic rings. The first-order valence-electron chi connectivity index (χ1n) is 8.90. The van der Waals surface area contributed by atoms with Crippen LogP contribution in [-0.4, -0.2) is 24.5 Å². The van der Waals surface area contributed by atoms with Gasteiger partial charge in [0, 0.05) is 17.5 Å². The lowest BCUT2D eigenvalue weighted by Crippen LogP contribution is -2.88. The molecular weight excluding hydrogens is 302 g/mol. The molecule has 1 aliphatic carbocycles. The summed E-state index contributed by atoms with van der Waals surface area (Å²) in [6.07, 6.45) is 2.02. The molecule has 1 saturated carbocycles. The zero-order valence-corrected chi connectivity index (χ0v) is 15.1. The summed E-state index contributed by atoms with van der Waals surface area (Å²) in [5.74, 6) is 0.650. The Morgan fingerprint density at radius 3 is 2.17 bits per heavy atom. The highest BCUT2D eigenvalue weighted by Crippen LogP contribution is 2.21. The number of urea groups is 1. The number of rotatable bonds is 7. The van der Waals surface area contributed by atoms with Crippen molar-refractivity contribution in [3.05, 3.63) is 35.4 Å². The van der Waals surface area contributed by atoms with Crippen LogP contribution in [0, 0.1) is 5.92 Å². The van der Waals surface area contributed by atoms with E-state index in [0.29, 0.717) is 11.8 Å². The van der Waals surface area contributed by atoms with E-state index >= 15 is 0 Å². The van der Waals surface area contributed by atoms with Gasteiger partial charge in [0.1, 0.15) is 6.04 Å². The molecule has 1 aliphatic rings. The molecule has 1 atom stereocenters. The third kappa shape index (κ3) is 5.64. The topological polar surface area (TPSA) is 74.8 Å². The van der Waals surface area contributed by atoms with Crippen molar-refractivity contribution >= 4 is 11.9 Å². The van der Waals surface area contributed by atoms with Crippen molar-refractivity contribution in [2.45, 2.75) is 58.5 Å². The second-order valence-electron chi connectivity index (χ2n) is 7.33. The van der Waals surface area contributed by atoms with E-state index in [1.165, 1.54) is 11.1 Å². The molecule has 5 nitrogen and oxygen atoms in total. The Morgan fingerprint density at radius 2 is 1.67 bits per heavy atom. The number of quaternary nitrogens is 1. The molecule has 0 radical (unpaired) electrons. The minimum atomic E-state index is -0.377. The van der Waals surface area contributed by atoms with Crippen LogP contribution in [0.25, 0.3) is 0 Å². The van der Waals surface area contributed by atoms with Gasteiger partial charge in [-0.05, 0) is 24.3 Å². The zero-order valence-electron chi connectivity index (χ0n) is 15.1. The van der Waals surface area contributed by atoms with Gasteiger partial charge in [-0.2, -0.15) is 0 Å². The Kier molecular flexibility index (Phi) is 6.37. The maximum atomic E-state index is 12.0. The van der Waals surface area contributed by atoms with Gasteiger partial charge in [0.25, 0.3) is 5.91 Å². The van der Waals surface area contributed by atoms with Gasteiger partial charge >= 0.3 is 6.03 Å².